The molecule has 0 saturated heterocycles. The van der Waals surface area contributed by atoms with Crippen LogP contribution in [0.15, 0.2) is 5.38 Å². The SMILES string of the molecule is CC(C)N(CC(N)=S)C(=O)c1csnn1. The molecule has 0 saturated carbocycles. The summed E-state index contributed by atoms with van der Waals surface area (Å²) in [4.78, 5) is 13.8. The van der Waals surface area contributed by atoms with Gasteiger partial charge in [0, 0.05) is 11.4 Å². The van der Waals surface area contributed by atoms with Crippen molar-refractivity contribution in [2.45, 2.75) is 19.9 Å². The minimum atomic E-state index is -0.188. The third-order valence-electron chi connectivity index (χ3n) is 1.79. The number of rotatable bonds is 4. The molecule has 5 nitrogen and oxygen atoms in total. The summed E-state index contributed by atoms with van der Waals surface area (Å²) >= 11 is 5.93. The molecule has 0 spiro atoms. The third-order valence-corrected chi connectivity index (χ3v) is 2.42. The Hall–Kier alpha value is -1.08. The van der Waals surface area contributed by atoms with E-state index in [2.05, 4.69) is 9.59 Å². The summed E-state index contributed by atoms with van der Waals surface area (Å²) < 4.78 is 3.64. The van der Waals surface area contributed by atoms with E-state index >= 15 is 0 Å². The molecule has 0 atom stereocenters. The van der Waals surface area contributed by atoms with E-state index in [1.54, 1.807) is 10.3 Å². The molecule has 1 heterocycles. The highest BCUT2D eigenvalue weighted by Gasteiger charge is 2.21. The van der Waals surface area contributed by atoms with Crippen molar-refractivity contribution < 1.29 is 4.79 Å². The highest BCUT2D eigenvalue weighted by Crippen LogP contribution is 2.07. The lowest BCUT2D eigenvalue weighted by Crippen LogP contribution is -2.42. The molecule has 0 radical (unpaired) electrons. The number of hydrogen-bond donors (Lipinski definition) is 1. The van der Waals surface area contributed by atoms with Crippen LogP contribution in [0.4, 0.5) is 0 Å². The van der Waals surface area contributed by atoms with E-state index in [0.29, 0.717) is 10.7 Å². The molecule has 1 rings (SSSR count). The van der Waals surface area contributed by atoms with Crippen molar-refractivity contribution >= 4 is 34.6 Å². The Kier molecular flexibility index (Phi) is 4.10. The maximum atomic E-state index is 11.9. The molecule has 1 aromatic rings. The van der Waals surface area contributed by atoms with Gasteiger partial charge in [0.05, 0.1) is 11.5 Å². The van der Waals surface area contributed by atoms with Crippen LogP contribution in [0.1, 0.15) is 24.3 Å². The van der Waals surface area contributed by atoms with Gasteiger partial charge in [0.2, 0.25) is 0 Å². The van der Waals surface area contributed by atoms with Crippen LogP contribution in [0.3, 0.4) is 0 Å². The van der Waals surface area contributed by atoms with Gasteiger partial charge in [0.1, 0.15) is 0 Å². The molecule has 2 N–H and O–H groups in total. The molecule has 0 bridgehead atoms. The molecule has 1 amide bonds. The van der Waals surface area contributed by atoms with Gasteiger partial charge in [0.15, 0.2) is 5.69 Å². The number of carbonyl (C=O) groups excluding carboxylic acids is 1. The zero-order valence-electron chi connectivity index (χ0n) is 8.51. The quantitative estimate of drug-likeness (QED) is 0.788. The van der Waals surface area contributed by atoms with Crippen molar-refractivity contribution in [2.24, 2.45) is 5.73 Å². The molecule has 0 fully saturated rings. The fourth-order valence-corrected chi connectivity index (χ4v) is 1.63. The van der Waals surface area contributed by atoms with Crippen molar-refractivity contribution in [3.05, 3.63) is 11.1 Å². The largest absolute Gasteiger partial charge is 0.392 e. The highest BCUT2D eigenvalue weighted by atomic mass is 32.1. The second-order valence-electron chi connectivity index (χ2n) is 3.28. The van der Waals surface area contributed by atoms with Crippen LogP contribution in [-0.4, -0.2) is 38.0 Å². The monoisotopic (exact) mass is 244 g/mol. The predicted octanol–water partition coefficient (Wildman–Crippen LogP) is 0.675. The van der Waals surface area contributed by atoms with Crippen LogP contribution in [-0.2, 0) is 0 Å². The van der Waals surface area contributed by atoms with E-state index < -0.39 is 0 Å². The molecule has 0 aliphatic rings. The topological polar surface area (TPSA) is 72.1 Å². The van der Waals surface area contributed by atoms with Crippen LogP contribution in [0.25, 0.3) is 0 Å². The molecule has 0 aliphatic carbocycles. The van der Waals surface area contributed by atoms with Crippen LogP contribution >= 0.6 is 23.8 Å². The van der Waals surface area contributed by atoms with Crippen LogP contribution in [0.5, 0.6) is 0 Å². The molecular formula is C8H12N4OS2. The Bertz CT molecular complexity index is 350. The second-order valence-corrected chi connectivity index (χ2v) is 4.42. The molecule has 0 unspecified atom stereocenters. The van der Waals surface area contributed by atoms with Crippen LogP contribution in [0.2, 0.25) is 0 Å². The number of nitrogens with zero attached hydrogens (tertiary/aromatic N) is 3. The second kappa shape index (κ2) is 5.13. The Labute approximate surface area is 97.4 Å². The number of amides is 1. The van der Waals surface area contributed by atoms with Gasteiger partial charge in [0.25, 0.3) is 5.91 Å². The van der Waals surface area contributed by atoms with Crippen molar-refractivity contribution in [1.29, 1.82) is 0 Å². The molecule has 0 aliphatic heterocycles. The van der Waals surface area contributed by atoms with Crippen molar-refractivity contribution in [3.63, 3.8) is 0 Å². The lowest BCUT2D eigenvalue weighted by atomic mass is 10.3. The number of thiocarbonyl (C=S) groups is 1. The lowest BCUT2D eigenvalue weighted by molar-refractivity contribution is 0.0730. The van der Waals surface area contributed by atoms with E-state index in [1.807, 2.05) is 13.8 Å². The van der Waals surface area contributed by atoms with Crippen molar-refractivity contribution in [1.82, 2.24) is 14.5 Å². The molecular weight excluding hydrogens is 232 g/mol. The summed E-state index contributed by atoms with van der Waals surface area (Å²) in [7, 11) is 0. The van der Waals surface area contributed by atoms with Gasteiger partial charge in [-0.05, 0) is 25.4 Å². The van der Waals surface area contributed by atoms with Gasteiger partial charge < -0.3 is 10.6 Å². The molecule has 82 valence electrons. The number of hydrogen-bond acceptors (Lipinski definition) is 5. The van der Waals surface area contributed by atoms with Gasteiger partial charge in [-0.2, -0.15) is 0 Å². The van der Waals surface area contributed by atoms with Gasteiger partial charge in [-0.1, -0.05) is 16.7 Å². The number of nitrogens with two attached hydrogens (primary N) is 1. The van der Waals surface area contributed by atoms with E-state index in [4.69, 9.17) is 18.0 Å². The van der Waals surface area contributed by atoms with E-state index in [1.165, 1.54) is 0 Å². The summed E-state index contributed by atoms with van der Waals surface area (Å²) in [6.07, 6.45) is 0. The summed E-state index contributed by atoms with van der Waals surface area (Å²) in [6, 6.07) is 0.0284. The average Bonchev–Trinajstić information content (AvgIpc) is 2.65. The fraction of sp³-hybridized carbons (Fsp3) is 0.500. The van der Waals surface area contributed by atoms with Gasteiger partial charge >= 0.3 is 0 Å². The molecule has 7 heteroatoms. The van der Waals surface area contributed by atoms with Crippen LogP contribution < -0.4 is 5.73 Å². The van der Waals surface area contributed by atoms with Crippen molar-refractivity contribution in [3.8, 4) is 0 Å². The van der Waals surface area contributed by atoms with Crippen molar-refractivity contribution in [2.75, 3.05) is 6.54 Å². The van der Waals surface area contributed by atoms with E-state index in [9.17, 15) is 4.79 Å². The normalized spacial score (nSPS) is 10.3. The van der Waals surface area contributed by atoms with Gasteiger partial charge in [-0.3, -0.25) is 4.79 Å². The Morgan fingerprint density at radius 3 is 2.80 bits per heavy atom. The summed E-state index contributed by atoms with van der Waals surface area (Å²) in [5.41, 5.74) is 5.76. The molecule has 0 aromatic carbocycles. The first-order chi connectivity index (χ1) is 7.02. The zero-order valence-corrected chi connectivity index (χ0v) is 10.1. The van der Waals surface area contributed by atoms with Gasteiger partial charge in [-0.25, -0.2) is 0 Å². The summed E-state index contributed by atoms with van der Waals surface area (Å²) in [6.45, 7) is 4.06. The predicted molar refractivity (Wildman–Crippen MR) is 62.9 cm³/mol. The van der Waals surface area contributed by atoms with E-state index in [-0.39, 0.29) is 18.5 Å². The summed E-state index contributed by atoms with van der Waals surface area (Å²) in [5, 5.41) is 5.33. The maximum Gasteiger partial charge on any atom is 0.275 e. The first-order valence-electron chi connectivity index (χ1n) is 4.38. The highest BCUT2D eigenvalue weighted by molar-refractivity contribution is 7.80. The number of aromatic nitrogens is 2. The van der Waals surface area contributed by atoms with Crippen LogP contribution in [0, 0.1) is 0 Å². The Morgan fingerprint density at radius 1 is 1.73 bits per heavy atom. The Balaban J connectivity index is 2.81. The fourth-order valence-electron chi connectivity index (χ4n) is 1.06. The first-order valence-corrected chi connectivity index (χ1v) is 5.63. The summed E-state index contributed by atoms with van der Waals surface area (Å²) in [5.74, 6) is -0.188. The zero-order chi connectivity index (χ0) is 11.4. The standard InChI is InChI=1S/C8H12N4OS2/c1-5(2)12(3-7(9)14)8(13)6-4-15-11-10-6/h4-5H,3H2,1-2H3,(H2,9,14). The first kappa shape index (κ1) is 12.0. The molecule has 1 aromatic heterocycles. The Morgan fingerprint density at radius 2 is 2.40 bits per heavy atom. The lowest BCUT2D eigenvalue weighted by Gasteiger charge is -2.25. The molecule has 15 heavy (non-hydrogen) atoms. The minimum Gasteiger partial charge on any atom is -0.392 e. The number of carbonyl (C=O) groups is 1. The van der Waals surface area contributed by atoms with E-state index in [0.717, 1.165) is 11.5 Å². The third kappa shape index (κ3) is 3.21. The average molecular weight is 244 g/mol. The smallest absolute Gasteiger partial charge is 0.275 e. The maximum absolute atomic E-state index is 11.9. The van der Waals surface area contributed by atoms with Gasteiger partial charge in [-0.15, -0.1) is 5.10 Å². The minimum absolute atomic E-state index is 0.0284.